The Bertz CT molecular complexity index is 609. The average molecular weight is 331 g/mol. The number of hydrogen-bond donors (Lipinski definition) is 1. The molecule has 1 fully saturated rings. The summed E-state index contributed by atoms with van der Waals surface area (Å²) in [6, 6.07) is 13.9. The van der Waals surface area contributed by atoms with E-state index in [4.69, 9.17) is 11.6 Å². The third-order valence-electron chi connectivity index (χ3n) is 4.90. The van der Waals surface area contributed by atoms with Crippen molar-refractivity contribution >= 4 is 11.6 Å². The Morgan fingerprint density at radius 2 is 1.83 bits per heavy atom. The molecule has 0 saturated carbocycles. The lowest BCUT2D eigenvalue weighted by Crippen LogP contribution is -2.37. The van der Waals surface area contributed by atoms with Crippen LogP contribution in [-0.2, 0) is 0 Å². The number of piperidine rings is 1. The summed E-state index contributed by atoms with van der Waals surface area (Å²) in [4.78, 5) is 6.91. The minimum atomic E-state index is -0.403. The van der Waals surface area contributed by atoms with E-state index in [2.05, 4.69) is 22.9 Å². The number of aromatic nitrogens is 1. The smallest absolute Gasteiger partial charge is 0.0819 e. The molecule has 1 aromatic heterocycles. The zero-order valence-corrected chi connectivity index (χ0v) is 14.2. The molecule has 1 aliphatic heterocycles. The Morgan fingerprint density at radius 3 is 2.43 bits per heavy atom. The first-order valence-electron chi connectivity index (χ1n) is 8.23. The van der Waals surface area contributed by atoms with Gasteiger partial charge in [-0.1, -0.05) is 29.8 Å². The lowest BCUT2D eigenvalue weighted by Gasteiger charge is -2.37. The number of aliphatic hydroxyl groups excluding tert-OH is 1. The number of likely N-dealkylation sites (tertiary alicyclic amines) is 1. The molecule has 0 radical (unpaired) electrons. The predicted molar refractivity (Wildman–Crippen MR) is 93.4 cm³/mol. The van der Waals surface area contributed by atoms with Crippen molar-refractivity contribution in [2.24, 2.45) is 5.92 Å². The van der Waals surface area contributed by atoms with Gasteiger partial charge in [-0.3, -0.25) is 9.88 Å². The van der Waals surface area contributed by atoms with Crippen LogP contribution in [0.2, 0.25) is 5.02 Å². The molecule has 2 atom stereocenters. The highest BCUT2D eigenvalue weighted by Crippen LogP contribution is 2.33. The summed E-state index contributed by atoms with van der Waals surface area (Å²) in [6.45, 7) is 4.19. The third-order valence-corrected chi connectivity index (χ3v) is 5.15. The van der Waals surface area contributed by atoms with Crippen molar-refractivity contribution in [3.8, 4) is 0 Å². The normalized spacial score (nSPS) is 19.4. The van der Waals surface area contributed by atoms with Crippen LogP contribution in [0.5, 0.6) is 0 Å². The van der Waals surface area contributed by atoms with Crippen LogP contribution in [0.15, 0.2) is 48.7 Å². The Morgan fingerprint density at radius 1 is 1.13 bits per heavy atom. The van der Waals surface area contributed by atoms with Gasteiger partial charge in [0.25, 0.3) is 0 Å². The number of nitrogens with zero attached hydrogens (tertiary/aromatic N) is 2. The van der Waals surface area contributed by atoms with E-state index in [0.717, 1.165) is 37.2 Å². The Labute approximate surface area is 142 Å². The van der Waals surface area contributed by atoms with Gasteiger partial charge in [0.2, 0.25) is 0 Å². The van der Waals surface area contributed by atoms with Gasteiger partial charge in [0, 0.05) is 17.3 Å². The lowest BCUT2D eigenvalue weighted by molar-refractivity contribution is 0.0466. The summed E-state index contributed by atoms with van der Waals surface area (Å²) in [5.41, 5.74) is 2.08. The van der Waals surface area contributed by atoms with Gasteiger partial charge in [-0.15, -0.1) is 0 Å². The monoisotopic (exact) mass is 330 g/mol. The van der Waals surface area contributed by atoms with Gasteiger partial charge in [0.15, 0.2) is 0 Å². The molecule has 1 aliphatic rings. The van der Waals surface area contributed by atoms with Crippen LogP contribution in [0.3, 0.4) is 0 Å². The van der Waals surface area contributed by atoms with Crippen molar-refractivity contribution in [2.45, 2.75) is 31.9 Å². The SMILES string of the molecule is CC(c1ccccn1)N1CCC(C(O)c2ccc(Cl)cc2)CC1. The second kappa shape index (κ2) is 7.43. The number of aliphatic hydroxyl groups is 1. The fraction of sp³-hybridized carbons (Fsp3) is 0.421. The van der Waals surface area contributed by atoms with Crippen LogP contribution in [0.4, 0.5) is 0 Å². The number of halogens is 1. The predicted octanol–water partition coefficient (Wildman–Crippen LogP) is 4.24. The Hall–Kier alpha value is -1.42. The summed E-state index contributed by atoms with van der Waals surface area (Å²) in [5, 5.41) is 11.3. The van der Waals surface area contributed by atoms with Crippen LogP contribution < -0.4 is 0 Å². The van der Waals surface area contributed by atoms with E-state index in [1.807, 2.05) is 42.6 Å². The minimum Gasteiger partial charge on any atom is -0.388 e. The van der Waals surface area contributed by atoms with Gasteiger partial charge in [0.05, 0.1) is 11.8 Å². The molecular formula is C19H23ClN2O. The molecule has 3 rings (SSSR count). The molecule has 122 valence electrons. The second-order valence-electron chi connectivity index (χ2n) is 6.30. The molecule has 1 N–H and O–H groups in total. The molecule has 2 aromatic rings. The van der Waals surface area contributed by atoms with E-state index in [1.54, 1.807) is 0 Å². The van der Waals surface area contributed by atoms with Crippen LogP contribution in [0.1, 0.15) is 43.2 Å². The standard InChI is InChI=1S/C19H23ClN2O/c1-14(18-4-2-3-11-21-18)22-12-9-16(10-13-22)19(23)15-5-7-17(20)8-6-15/h2-8,11,14,16,19,23H,9-10,12-13H2,1H3. The fourth-order valence-corrected chi connectivity index (χ4v) is 3.49. The molecule has 0 spiro atoms. The summed E-state index contributed by atoms with van der Waals surface area (Å²) in [6.07, 6.45) is 3.45. The fourth-order valence-electron chi connectivity index (χ4n) is 3.36. The molecule has 1 aromatic carbocycles. The first-order chi connectivity index (χ1) is 11.1. The quantitative estimate of drug-likeness (QED) is 0.910. The van der Waals surface area contributed by atoms with E-state index < -0.39 is 6.10 Å². The molecule has 3 nitrogen and oxygen atoms in total. The van der Waals surface area contributed by atoms with Crippen molar-refractivity contribution in [2.75, 3.05) is 13.1 Å². The zero-order chi connectivity index (χ0) is 16.2. The van der Waals surface area contributed by atoms with E-state index in [9.17, 15) is 5.11 Å². The molecular weight excluding hydrogens is 308 g/mol. The molecule has 2 unspecified atom stereocenters. The van der Waals surface area contributed by atoms with Crippen LogP contribution in [0, 0.1) is 5.92 Å². The molecule has 0 bridgehead atoms. The lowest BCUT2D eigenvalue weighted by atomic mass is 9.87. The molecule has 1 saturated heterocycles. The molecule has 4 heteroatoms. The van der Waals surface area contributed by atoms with Crippen LogP contribution >= 0.6 is 11.6 Å². The maximum atomic E-state index is 10.6. The first kappa shape index (κ1) is 16.4. The summed E-state index contributed by atoms with van der Waals surface area (Å²) < 4.78 is 0. The first-order valence-corrected chi connectivity index (χ1v) is 8.61. The topological polar surface area (TPSA) is 36.4 Å². The minimum absolute atomic E-state index is 0.309. The van der Waals surface area contributed by atoms with Crippen molar-refractivity contribution < 1.29 is 5.11 Å². The molecule has 2 heterocycles. The molecule has 23 heavy (non-hydrogen) atoms. The number of benzene rings is 1. The summed E-state index contributed by atoms with van der Waals surface area (Å²) in [5.74, 6) is 0.309. The highest BCUT2D eigenvalue weighted by molar-refractivity contribution is 6.30. The maximum absolute atomic E-state index is 10.6. The molecule has 0 aliphatic carbocycles. The second-order valence-corrected chi connectivity index (χ2v) is 6.74. The maximum Gasteiger partial charge on any atom is 0.0819 e. The van der Waals surface area contributed by atoms with Gasteiger partial charge in [0.1, 0.15) is 0 Å². The number of rotatable bonds is 4. The van der Waals surface area contributed by atoms with Gasteiger partial charge < -0.3 is 5.11 Å². The largest absolute Gasteiger partial charge is 0.388 e. The van der Waals surface area contributed by atoms with Gasteiger partial charge in [-0.2, -0.15) is 0 Å². The van der Waals surface area contributed by atoms with E-state index in [1.165, 1.54) is 0 Å². The molecule has 0 amide bonds. The van der Waals surface area contributed by atoms with Crippen molar-refractivity contribution in [3.05, 3.63) is 64.9 Å². The van der Waals surface area contributed by atoms with E-state index in [0.29, 0.717) is 17.0 Å². The Balaban J connectivity index is 1.59. The number of hydrogen-bond acceptors (Lipinski definition) is 3. The van der Waals surface area contributed by atoms with Gasteiger partial charge in [-0.25, -0.2) is 0 Å². The van der Waals surface area contributed by atoms with Crippen molar-refractivity contribution in [1.29, 1.82) is 0 Å². The van der Waals surface area contributed by atoms with Crippen LogP contribution in [-0.4, -0.2) is 28.1 Å². The van der Waals surface area contributed by atoms with Crippen molar-refractivity contribution in [1.82, 2.24) is 9.88 Å². The third kappa shape index (κ3) is 3.92. The Kier molecular flexibility index (Phi) is 5.31. The number of pyridine rings is 1. The van der Waals surface area contributed by atoms with E-state index in [-0.39, 0.29) is 0 Å². The summed E-state index contributed by atoms with van der Waals surface area (Å²) >= 11 is 5.92. The summed E-state index contributed by atoms with van der Waals surface area (Å²) in [7, 11) is 0. The van der Waals surface area contributed by atoms with E-state index >= 15 is 0 Å². The van der Waals surface area contributed by atoms with Gasteiger partial charge >= 0.3 is 0 Å². The average Bonchev–Trinajstić information content (AvgIpc) is 2.62. The van der Waals surface area contributed by atoms with Crippen molar-refractivity contribution in [3.63, 3.8) is 0 Å². The zero-order valence-electron chi connectivity index (χ0n) is 13.4. The highest BCUT2D eigenvalue weighted by atomic mass is 35.5. The van der Waals surface area contributed by atoms with Gasteiger partial charge in [-0.05, 0) is 68.6 Å². The van der Waals surface area contributed by atoms with Crippen LogP contribution in [0.25, 0.3) is 0 Å². The highest BCUT2D eigenvalue weighted by Gasteiger charge is 2.28.